The average molecular weight is 213 g/mol. The van der Waals surface area contributed by atoms with Crippen molar-refractivity contribution in [3.05, 3.63) is 34.5 Å². The van der Waals surface area contributed by atoms with Gasteiger partial charge in [-0.1, -0.05) is 11.6 Å². The van der Waals surface area contributed by atoms with Crippen LogP contribution in [0.2, 0.25) is 5.02 Å². The minimum absolute atomic E-state index is 0.213. The number of rotatable bonds is 1. The fraction of sp³-hybridized carbons (Fsp3) is 0.222. The van der Waals surface area contributed by atoms with Crippen LogP contribution < -0.4 is 10.2 Å². The minimum Gasteiger partial charge on any atom is -0.601 e. The Labute approximate surface area is 86.2 Å². The van der Waals surface area contributed by atoms with Crippen molar-refractivity contribution in [3.8, 4) is 0 Å². The molecule has 1 heterocycles. The van der Waals surface area contributed by atoms with Crippen molar-refractivity contribution in [2.45, 2.75) is 6.42 Å². The number of carbonyl (C=O) groups excluding carboxylic acids is 1. The number of hydroxylamine groups is 1. The average Bonchev–Trinajstić information content (AvgIpc) is 2.48. The Morgan fingerprint density at radius 3 is 2.50 bits per heavy atom. The Kier molecular flexibility index (Phi) is 2.19. The molecule has 0 aromatic heterocycles. The van der Waals surface area contributed by atoms with E-state index in [0.717, 1.165) is 0 Å². The highest BCUT2D eigenvalue weighted by Crippen LogP contribution is 2.24. The molecule has 1 unspecified atom stereocenters. The van der Waals surface area contributed by atoms with E-state index in [4.69, 9.17) is 11.6 Å². The van der Waals surface area contributed by atoms with Crippen LogP contribution in [0.15, 0.2) is 24.3 Å². The monoisotopic (exact) mass is 212 g/mol. The third-order valence-corrected chi connectivity index (χ3v) is 2.45. The van der Waals surface area contributed by atoms with Crippen molar-refractivity contribution in [2.24, 2.45) is 0 Å². The van der Waals surface area contributed by atoms with Gasteiger partial charge in [0.05, 0.1) is 6.42 Å². The van der Waals surface area contributed by atoms with Gasteiger partial charge in [-0.15, -0.1) is 0 Å². The molecule has 4 nitrogen and oxygen atoms in total. The molecule has 1 aliphatic heterocycles. The molecule has 1 atom stereocenters. The first-order valence-corrected chi connectivity index (χ1v) is 4.64. The summed E-state index contributed by atoms with van der Waals surface area (Å²) < 4.78 is -0.782. The van der Waals surface area contributed by atoms with E-state index in [1.165, 1.54) is 0 Å². The first-order valence-electron chi connectivity index (χ1n) is 4.26. The summed E-state index contributed by atoms with van der Waals surface area (Å²) in [5.74, 6) is -0.213. The predicted molar refractivity (Wildman–Crippen MR) is 54.2 cm³/mol. The summed E-state index contributed by atoms with van der Waals surface area (Å²) in [7, 11) is 0. The maximum Gasteiger partial charge on any atom is 0.271 e. The number of quaternary nitrogens is 1. The van der Waals surface area contributed by atoms with Crippen molar-refractivity contribution in [3.63, 3.8) is 0 Å². The number of carbonyl (C=O) groups is 1. The van der Waals surface area contributed by atoms with E-state index in [-0.39, 0.29) is 18.9 Å². The van der Waals surface area contributed by atoms with Crippen LogP contribution in [0, 0.1) is 5.21 Å². The summed E-state index contributed by atoms with van der Waals surface area (Å²) in [5, 5.41) is 12.6. The molecule has 5 heteroatoms. The second kappa shape index (κ2) is 3.24. The highest BCUT2D eigenvalue weighted by Gasteiger charge is 2.31. The highest BCUT2D eigenvalue weighted by molar-refractivity contribution is 6.30. The number of nitrogens with zero attached hydrogens (tertiary/aromatic N) is 1. The molecule has 0 bridgehead atoms. The van der Waals surface area contributed by atoms with Gasteiger partial charge >= 0.3 is 0 Å². The first kappa shape index (κ1) is 9.45. The highest BCUT2D eigenvalue weighted by atomic mass is 35.5. The molecular formula is C9H9ClN2O2. The van der Waals surface area contributed by atoms with E-state index in [1.54, 1.807) is 24.3 Å². The molecule has 1 aromatic rings. The van der Waals surface area contributed by atoms with E-state index in [0.29, 0.717) is 10.7 Å². The van der Waals surface area contributed by atoms with Crippen molar-refractivity contribution < 1.29 is 4.79 Å². The zero-order valence-corrected chi connectivity index (χ0v) is 8.12. The summed E-state index contributed by atoms with van der Waals surface area (Å²) in [6.07, 6.45) is 0.270. The standard InChI is InChI=1S/C9H9ClN2O2/c10-7-1-3-8(4-2-7)12(14)6-5-9(13)11-12/h1-4H,5-6H2,(H,11,13). The van der Waals surface area contributed by atoms with Crippen LogP contribution >= 0.6 is 11.6 Å². The number of halogens is 1. The summed E-state index contributed by atoms with van der Waals surface area (Å²) >= 11 is 5.70. The first-order chi connectivity index (χ1) is 6.60. The third-order valence-electron chi connectivity index (χ3n) is 2.20. The van der Waals surface area contributed by atoms with Crippen LogP contribution in [-0.2, 0) is 4.79 Å². The summed E-state index contributed by atoms with van der Waals surface area (Å²) in [6, 6.07) is 6.53. The summed E-state index contributed by atoms with van der Waals surface area (Å²) in [5.41, 5.74) is 2.87. The summed E-state index contributed by atoms with van der Waals surface area (Å²) in [4.78, 5) is 10.9. The number of benzene rings is 1. The van der Waals surface area contributed by atoms with Crippen LogP contribution in [0.3, 0.4) is 0 Å². The van der Waals surface area contributed by atoms with Crippen LogP contribution in [-0.4, -0.2) is 12.5 Å². The number of hydrogen-bond acceptors (Lipinski definition) is 2. The van der Waals surface area contributed by atoms with E-state index >= 15 is 0 Å². The van der Waals surface area contributed by atoms with Crippen molar-refractivity contribution in [1.82, 2.24) is 10.2 Å². The lowest BCUT2D eigenvalue weighted by molar-refractivity contribution is -0.120. The van der Waals surface area contributed by atoms with Gasteiger partial charge in [-0.25, -0.2) is 4.76 Å². The normalized spacial score (nSPS) is 26.3. The molecule has 0 aliphatic carbocycles. The van der Waals surface area contributed by atoms with Gasteiger partial charge in [0.2, 0.25) is 0 Å². The molecule has 1 N–H and O–H groups in total. The lowest BCUT2D eigenvalue weighted by Gasteiger charge is -2.35. The van der Waals surface area contributed by atoms with Crippen LogP contribution in [0.5, 0.6) is 0 Å². The van der Waals surface area contributed by atoms with Gasteiger partial charge in [0.25, 0.3) is 5.91 Å². The van der Waals surface area contributed by atoms with E-state index in [9.17, 15) is 10.0 Å². The van der Waals surface area contributed by atoms with Crippen molar-refractivity contribution in [1.29, 1.82) is 0 Å². The van der Waals surface area contributed by atoms with Gasteiger partial charge in [0, 0.05) is 17.2 Å². The van der Waals surface area contributed by atoms with Crippen LogP contribution in [0.25, 0.3) is 0 Å². The quantitative estimate of drug-likeness (QED) is 0.568. The van der Waals surface area contributed by atoms with Gasteiger partial charge in [0.15, 0.2) is 5.69 Å². The lowest BCUT2D eigenvalue weighted by atomic mass is 10.3. The van der Waals surface area contributed by atoms with E-state index in [1.807, 2.05) is 0 Å². The fourth-order valence-electron chi connectivity index (χ4n) is 1.45. The third kappa shape index (κ3) is 1.59. The van der Waals surface area contributed by atoms with Crippen LogP contribution in [0.1, 0.15) is 6.42 Å². The van der Waals surface area contributed by atoms with E-state index in [2.05, 4.69) is 5.43 Å². The molecule has 0 radical (unpaired) electrons. The number of hydrogen-bond donors (Lipinski definition) is 1. The molecule has 2 rings (SSSR count). The van der Waals surface area contributed by atoms with Gasteiger partial charge in [-0.2, -0.15) is 5.43 Å². The summed E-state index contributed by atoms with van der Waals surface area (Å²) in [6.45, 7) is 0.237. The Morgan fingerprint density at radius 2 is 2.00 bits per heavy atom. The smallest absolute Gasteiger partial charge is 0.271 e. The molecule has 14 heavy (non-hydrogen) atoms. The zero-order chi connectivity index (χ0) is 10.2. The Hall–Kier alpha value is -1.10. The molecule has 1 fully saturated rings. The fourth-order valence-corrected chi connectivity index (χ4v) is 1.57. The zero-order valence-electron chi connectivity index (χ0n) is 7.37. The maximum atomic E-state index is 12.0. The Morgan fingerprint density at radius 1 is 1.36 bits per heavy atom. The minimum atomic E-state index is -0.782. The molecule has 1 aliphatic rings. The van der Waals surface area contributed by atoms with Gasteiger partial charge in [-0.05, 0) is 12.1 Å². The largest absolute Gasteiger partial charge is 0.601 e. The van der Waals surface area contributed by atoms with Gasteiger partial charge in [0.1, 0.15) is 6.54 Å². The molecule has 1 amide bonds. The lowest BCUT2D eigenvalue weighted by Crippen LogP contribution is -2.50. The molecule has 1 saturated heterocycles. The molecule has 0 saturated carbocycles. The predicted octanol–water partition coefficient (Wildman–Crippen LogP) is 1.58. The van der Waals surface area contributed by atoms with E-state index < -0.39 is 4.76 Å². The molecule has 0 spiro atoms. The Bertz CT molecular complexity index is 366. The van der Waals surface area contributed by atoms with Crippen molar-refractivity contribution >= 4 is 23.2 Å². The SMILES string of the molecule is O=C1CC[N+]([O-])(c2ccc(Cl)cc2)N1. The second-order valence-electron chi connectivity index (χ2n) is 3.22. The topological polar surface area (TPSA) is 52.2 Å². The van der Waals surface area contributed by atoms with Gasteiger partial charge < -0.3 is 5.21 Å². The maximum absolute atomic E-state index is 12.0. The number of amides is 1. The molecule has 1 aromatic carbocycles. The second-order valence-corrected chi connectivity index (χ2v) is 3.66. The van der Waals surface area contributed by atoms with Crippen LogP contribution in [0.4, 0.5) is 5.69 Å². The molecular weight excluding hydrogens is 204 g/mol. The Balaban J connectivity index is 2.30. The van der Waals surface area contributed by atoms with Crippen molar-refractivity contribution in [2.75, 3.05) is 6.54 Å². The van der Waals surface area contributed by atoms with Gasteiger partial charge in [-0.3, -0.25) is 4.79 Å². The number of nitrogens with one attached hydrogen (secondary N) is 1. The molecule has 74 valence electrons.